The van der Waals surface area contributed by atoms with Crippen LogP contribution >= 0.6 is 0 Å². The van der Waals surface area contributed by atoms with Crippen molar-refractivity contribution in [2.45, 2.75) is 44.7 Å². The van der Waals surface area contributed by atoms with Crippen molar-refractivity contribution in [3.8, 4) is 5.75 Å². The highest BCUT2D eigenvalue weighted by atomic mass is 16.5. The maximum Gasteiger partial charge on any atom is 0.323 e. The molecule has 0 aliphatic carbocycles. The quantitative estimate of drug-likeness (QED) is 0.563. The molecule has 1 aromatic carbocycles. The van der Waals surface area contributed by atoms with Crippen molar-refractivity contribution in [2.24, 2.45) is 5.92 Å². The standard InChI is InChI=1S/C22H30N2O7/c1-2-30-22(28)16(8-7-15-9-11-29-12-10-15)23-17-14-31-19-6-4-3-5-18(19)24(21(17)27)13-20(25)26/h3-6,15-17,23H,2,7-14H2,1H3,(H,25,26)/t16-,17?/m0/s1. The van der Waals surface area contributed by atoms with Gasteiger partial charge in [-0.1, -0.05) is 12.1 Å². The summed E-state index contributed by atoms with van der Waals surface area (Å²) in [6, 6.07) is 5.24. The second-order valence-corrected chi connectivity index (χ2v) is 7.75. The molecule has 2 heterocycles. The van der Waals surface area contributed by atoms with Crippen molar-refractivity contribution in [3.05, 3.63) is 24.3 Å². The Balaban J connectivity index is 1.74. The van der Waals surface area contributed by atoms with Crippen LogP contribution in [0.2, 0.25) is 0 Å². The smallest absolute Gasteiger partial charge is 0.323 e. The fraction of sp³-hybridized carbons (Fsp3) is 0.591. The number of benzene rings is 1. The minimum atomic E-state index is -1.13. The number of amides is 1. The number of para-hydroxylation sites is 2. The summed E-state index contributed by atoms with van der Waals surface area (Å²) in [5.41, 5.74) is 0.397. The van der Waals surface area contributed by atoms with Crippen molar-refractivity contribution in [1.82, 2.24) is 5.32 Å². The molecule has 0 bridgehead atoms. The average molecular weight is 434 g/mol. The molecule has 0 spiro atoms. The maximum absolute atomic E-state index is 13.2. The summed E-state index contributed by atoms with van der Waals surface area (Å²) in [4.78, 5) is 38.4. The monoisotopic (exact) mass is 434 g/mol. The predicted octanol–water partition coefficient (Wildman–Crippen LogP) is 1.59. The lowest BCUT2D eigenvalue weighted by molar-refractivity contribution is -0.146. The van der Waals surface area contributed by atoms with Gasteiger partial charge >= 0.3 is 11.9 Å². The van der Waals surface area contributed by atoms with Crippen molar-refractivity contribution >= 4 is 23.5 Å². The molecule has 1 fully saturated rings. The number of nitrogens with zero attached hydrogens (tertiary/aromatic N) is 1. The minimum absolute atomic E-state index is 0.0147. The molecule has 3 rings (SSSR count). The number of rotatable bonds is 9. The number of aliphatic carboxylic acids is 1. The Morgan fingerprint density at radius 1 is 1.29 bits per heavy atom. The van der Waals surface area contributed by atoms with E-state index in [0.29, 0.717) is 23.8 Å². The van der Waals surface area contributed by atoms with E-state index >= 15 is 0 Å². The van der Waals surface area contributed by atoms with Gasteiger partial charge in [-0.3, -0.25) is 24.6 Å². The first kappa shape index (κ1) is 23.0. The van der Waals surface area contributed by atoms with Gasteiger partial charge in [0.05, 0.1) is 12.3 Å². The van der Waals surface area contributed by atoms with Gasteiger partial charge in [-0.05, 0) is 50.7 Å². The number of nitrogens with one attached hydrogen (secondary N) is 1. The minimum Gasteiger partial charge on any atom is -0.489 e. The van der Waals surface area contributed by atoms with Crippen LogP contribution in [-0.2, 0) is 23.9 Å². The molecule has 0 aromatic heterocycles. The van der Waals surface area contributed by atoms with Crippen LogP contribution in [-0.4, -0.2) is 68.0 Å². The van der Waals surface area contributed by atoms with Crippen molar-refractivity contribution in [1.29, 1.82) is 0 Å². The summed E-state index contributed by atoms with van der Waals surface area (Å²) in [6.07, 6.45) is 3.21. The first-order chi connectivity index (χ1) is 15.0. The predicted molar refractivity (Wildman–Crippen MR) is 112 cm³/mol. The van der Waals surface area contributed by atoms with Crippen LogP contribution in [0.5, 0.6) is 5.75 Å². The number of carbonyl (C=O) groups is 3. The number of hydrogen-bond acceptors (Lipinski definition) is 7. The topological polar surface area (TPSA) is 114 Å². The first-order valence-corrected chi connectivity index (χ1v) is 10.7. The molecular formula is C22H30N2O7. The highest BCUT2D eigenvalue weighted by molar-refractivity contribution is 6.02. The van der Waals surface area contributed by atoms with E-state index in [1.54, 1.807) is 31.2 Å². The number of esters is 1. The molecule has 31 heavy (non-hydrogen) atoms. The summed E-state index contributed by atoms with van der Waals surface area (Å²) in [5, 5.41) is 12.4. The van der Waals surface area contributed by atoms with Crippen LogP contribution < -0.4 is 15.0 Å². The third-order valence-electron chi connectivity index (χ3n) is 5.60. The van der Waals surface area contributed by atoms with E-state index < -0.39 is 36.5 Å². The number of ether oxygens (including phenoxy) is 3. The highest BCUT2D eigenvalue weighted by Gasteiger charge is 2.35. The number of carboxylic acids is 1. The molecule has 0 saturated carbocycles. The summed E-state index contributed by atoms with van der Waals surface area (Å²) < 4.78 is 16.4. The first-order valence-electron chi connectivity index (χ1n) is 10.7. The van der Waals surface area contributed by atoms with Gasteiger partial charge in [-0.15, -0.1) is 0 Å². The number of fused-ring (bicyclic) bond motifs is 1. The Kier molecular flexibility index (Phi) is 8.25. The summed E-state index contributed by atoms with van der Waals surface area (Å²) in [6.45, 7) is 2.90. The summed E-state index contributed by atoms with van der Waals surface area (Å²) in [7, 11) is 0. The van der Waals surface area contributed by atoms with E-state index in [0.717, 1.165) is 32.5 Å². The van der Waals surface area contributed by atoms with Crippen LogP contribution in [0.15, 0.2) is 24.3 Å². The van der Waals surface area contributed by atoms with Crippen LogP contribution in [0.1, 0.15) is 32.6 Å². The lowest BCUT2D eigenvalue weighted by Crippen LogP contribution is -2.55. The normalized spacial score (nSPS) is 20.4. The van der Waals surface area contributed by atoms with Gasteiger partial charge in [-0.2, -0.15) is 0 Å². The zero-order valence-electron chi connectivity index (χ0n) is 17.7. The molecule has 2 aliphatic heterocycles. The molecule has 170 valence electrons. The Morgan fingerprint density at radius 2 is 2.03 bits per heavy atom. The Bertz CT molecular complexity index is 779. The van der Waals surface area contributed by atoms with Gasteiger partial charge in [0.1, 0.15) is 31.0 Å². The van der Waals surface area contributed by atoms with E-state index in [1.807, 2.05) is 0 Å². The fourth-order valence-corrected chi connectivity index (χ4v) is 3.96. The van der Waals surface area contributed by atoms with E-state index in [4.69, 9.17) is 14.2 Å². The van der Waals surface area contributed by atoms with Gasteiger partial charge in [0.25, 0.3) is 0 Å². The molecule has 2 aliphatic rings. The molecule has 2 atom stereocenters. The van der Waals surface area contributed by atoms with Crippen molar-refractivity contribution < 1.29 is 33.7 Å². The Morgan fingerprint density at radius 3 is 2.74 bits per heavy atom. The lowest BCUT2D eigenvalue weighted by Gasteiger charge is -2.28. The van der Waals surface area contributed by atoms with Gasteiger partial charge < -0.3 is 19.3 Å². The second-order valence-electron chi connectivity index (χ2n) is 7.75. The Hall–Kier alpha value is -2.65. The molecule has 0 radical (unpaired) electrons. The molecule has 1 unspecified atom stereocenters. The van der Waals surface area contributed by atoms with Crippen molar-refractivity contribution in [2.75, 3.05) is 37.9 Å². The zero-order valence-corrected chi connectivity index (χ0v) is 17.7. The van der Waals surface area contributed by atoms with Gasteiger partial charge in [0.15, 0.2) is 0 Å². The molecule has 1 aromatic rings. The Labute approximate surface area is 181 Å². The molecular weight excluding hydrogens is 404 g/mol. The number of hydrogen-bond donors (Lipinski definition) is 2. The second kappa shape index (κ2) is 11.1. The van der Waals surface area contributed by atoms with E-state index in [9.17, 15) is 19.5 Å². The van der Waals surface area contributed by atoms with Gasteiger partial charge in [0, 0.05) is 13.2 Å². The van der Waals surface area contributed by atoms with E-state index in [1.165, 1.54) is 4.90 Å². The van der Waals surface area contributed by atoms with Gasteiger partial charge in [0.2, 0.25) is 5.91 Å². The average Bonchev–Trinajstić information content (AvgIpc) is 2.89. The molecule has 9 nitrogen and oxygen atoms in total. The highest BCUT2D eigenvalue weighted by Crippen LogP contribution is 2.31. The van der Waals surface area contributed by atoms with Crippen LogP contribution in [0.3, 0.4) is 0 Å². The molecule has 1 amide bonds. The summed E-state index contributed by atoms with van der Waals surface area (Å²) >= 11 is 0. The molecule has 2 N–H and O–H groups in total. The summed E-state index contributed by atoms with van der Waals surface area (Å²) in [5.74, 6) is -1.12. The largest absolute Gasteiger partial charge is 0.489 e. The van der Waals surface area contributed by atoms with Gasteiger partial charge in [-0.25, -0.2) is 0 Å². The number of carbonyl (C=O) groups excluding carboxylic acids is 2. The maximum atomic E-state index is 13.2. The molecule has 1 saturated heterocycles. The van der Waals surface area contributed by atoms with Crippen molar-refractivity contribution in [3.63, 3.8) is 0 Å². The third-order valence-corrected chi connectivity index (χ3v) is 5.60. The third kappa shape index (κ3) is 6.18. The molecule has 9 heteroatoms. The fourth-order valence-electron chi connectivity index (χ4n) is 3.96. The van der Waals surface area contributed by atoms with Crippen LogP contribution in [0, 0.1) is 5.92 Å². The SMILES string of the molecule is CCOC(=O)[C@H](CCC1CCOCC1)NC1COc2ccccc2N(CC(=O)O)C1=O. The lowest BCUT2D eigenvalue weighted by atomic mass is 9.92. The number of carboxylic acid groups (broad SMARTS) is 1. The van der Waals surface area contributed by atoms with E-state index in [-0.39, 0.29) is 13.2 Å². The number of anilines is 1. The van der Waals surface area contributed by atoms with Crippen LogP contribution in [0.25, 0.3) is 0 Å². The van der Waals surface area contributed by atoms with E-state index in [2.05, 4.69) is 5.32 Å². The van der Waals surface area contributed by atoms with Crippen LogP contribution in [0.4, 0.5) is 5.69 Å². The zero-order chi connectivity index (χ0) is 22.2.